The molecule has 0 aliphatic rings. The van der Waals surface area contributed by atoms with Gasteiger partial charge in [-0.05, 0) is 62.4 Å². The van der Waals surface area contributed by atoms with Crippen LogP contribution in [-0.4, -0.2) is 27.5 Å². The van der Waals surface area contributed by atoms with Crippen LogP contribution in [0.25, 0.3) is 5.69 Å². The second kappa shape index (κ2) is 6.95. The zero-order chi connectivity index (χ0) is 16.9. The maximum absolute atomic E-state index is 12.3. The van der Waals surface area contributed by atoms with E-state index in [1.807, 2.05) is 50.2 Å². The Bertz CT molecular complexity index is 823. The minimum Gasteiger partial charge on any atom is -0.494 e. The highest BCUT2D eigenvalue weighted by atomic mass is 16.5. The molecule has 2 aromatic carbocycles. The summed E-state index contributed by atoms with van der Waals surface area (Å²) in [5, 5.41) is 10.7. The third-order valence-corrected chi connectivity index (χ3v) is 3.52. The van der Waals surface area contributed by atoms with E-state index in [0.29, 0.717) is 12.2 Å². The van der Waals surface area contributed by atoms with Gasteiger partial charge >= 0.3 is 0 Å². The molecule has 0 atom stereocenters. The lowest BCUT2D eigenvalue weighted by molar-refractivity contribution is 0.102. The molecule has 0 saturated carbocycles. The fourth-order valence-corrected chi connectivity index (χ4v) is 2.30. The van der Waals surface area contributed by atoms with Crippen LogP contribution in [0.2, 0.25) is 0 Å². The molecular weight excluding hydrogens is 304 g/mol. The Kier molecular flexibility index (Phi) is 4.56. The number of nitrogens with zero attached hydrogens (tertiary/aromatic N) is 3. The van der Waals surface area contributed by atoms with E-state index in [1.54, 1.807) is 23.0 Å². The first-order valence-corrected chi connectivity index (χ1v) is 7.69. The standard InChI is InChI=1S/C18H18N4O2/c1-3-24-17-10-6-15(7-11-17)20-18(23)14-4-8-16(9-5-14)22-13(2)12-19-21-22/h4-12H,3H2,1-2H3,(H,20,23). The molecule has 3 aromatic rings. The zero-order valence-electron chi connectivity index (χ0n) is 13.6. The van der Waals surface area contributed by atoms with Gasteiger partial charge in [0.2, 0.25) is 0 Å². The number of rotatable bonds is 5. The molecule has 0 aliphatic heterocycles. The molecule has 1 heterocycles. The van der Waals surface area contributed by atoms with Gasteiger partial charge in [0, 0.05) is 11.3 Å². The largest absolute Gasteiger partial charge is 0.494 e. The highest BCUT2D eigenvalue weighted by Crippen LogP contribution is 2.17. The summed E-state index contributed by atoms with van der Waals surface area (Å²) >= 11 is 0. The monoisotopic (exact) mass is 322 g/mol. The van der Waals surface area contributed by atoms with E-state index in [1.165, 1.54) is 0 Å². The van der Waals surface area contributed by atoms with E-state index in [0.717, 1.165) is 22.8 Å². The minimum absolute atomic E-state index is 0.166. The Morgan fingerprint density at radius 1 is 1.12 bits per heavy atom. The molecule has 1 N–H and O–H groups in total. The molecule has 6 nitrogen and oxygen atoms in total. The molecule has 0 aliphatic carbocycles. The van der Waals surface area contributed by atoms with Gasteiger partial charge in [0.05, 0.1) is 24.2 Å². The van der Waals surface area contributed by atoms with Gasteiger partial charge in [-0.2, -0.15) is 0 Å². The third kappa shape index (κ3) is 3.43. The molecule has 1 aromatic heterocycles. The van der Waals surface area contributed by atoms with Crippen LogP contribution in [0.1, 0.15) is 23.0 Å². The first-order valence-electron chi connectivity index (χ1n) is 7.69. The molecule has 6 heteroatoms. The molecule has 0 fully saturated rings. The SMILES string of the molecule is CCOc1ccc(NC(=O)c2ccc(-n3nncc3C)cc2)cc1. The maximum atomic E-state index is 12.3. The van der Waals surface area contributed by atoms with Gasteiger partial charge in [-0.15, -0.1) is 5.10 Å². The molecule has 0 spiro atoms. The van der Waals surface area contributed by atoms with Gasteiger partial charge in [-0.1, -0.05) is 5.21 Å². The number of benzene rings is 2. The number of anilines is 1. The summed E-state index contributed by atoms with van der Waals surface area (Å²) in [7, 11) is 0. The lowest BCUT2D eigenvalue weighted by Crippen LogP contribution is -2.12. The quantitative estimate of drug-likeness (QED) is 0.783. The number of hydrogen-bond donors (Lipinski definition) is 1. The second-order valence-corrected chi connectivity index (χ2v) is 5.25. The van der Waals surface area contributed by atoms with Crippen molar-refractivity contribution in [3.8, 4) is 11.4 Å². The van der Waals surface area contributed by atoms with Crippen molar-refractivity contribution >= 4 is 11.6 Å². The Morgan fingerprint density at radius 3 is 2.42 bits per heavy atom. The number of carbonyl (C=O) groups excluding carboxylic acids is 1. The Morgan fingerprint density at radius 2 is 1.83 bits per heavy atom. The van der Waals surface area contributed by atoms with Gasteiger partial charge in [0.1, 0.15) is 5.75 Å². The number of amides is 1. The van der Waals surface area contributed by atoms with Crippen molar-refractivity contribution in [1.82, 2.24) is 15.0 Å². The molecular formula is C18H18N4O2. The van der Waals surface area contributed by atoms with Crippen molar-refractivity contribution in [1.29, 1.82) is 0 Å². The fourth-order valence-electron chi connectivity index (χ4n) is 2.30. The molecule has 1 amide bonds. The number of hydrogen-bond acceptors (Lipinski definition) is 4. The normalized spacial score (nSPS) is 10.4. The summed E-state index contributed by atoms with van der Waals surface area (Å²) in [6, 6.07) is 14.5. The van der Waals surface area contributed by atoms with Gasteiger partial charge in [0.25, 0.3) is 5.91 Å². The third-order valence-electron chi connectivity index (χ3n) is 3.52. The number of ether oxygens (including phenoxy) is 1. The first-order chi connectivity index (χ1) is 11.7. The van der Waals surface area contributed by atoms with Gasteiger partial charge in [-0.25, -0.2) is 4.68 Å². The van der Waals surface area contributed by atoms with Gasteiger partial charge in [0.15, 0.2) is 0 Å². The average Bonchev–Trinajstić information content (AvgIpc) is 3.03. The minimum atomic E-state index is -0.166. The van der Waals surface area contributed by atoms with Gasteiger partial charge in [-0.3, -0.25) is 4.79 Å². The lowest BCUT2D eigenvalue weighted by atomic mass is 10.2. The average molecular weight is 322 g/mol. The van der Waals surface area contributed by atoms with Crippen molar-refractivity contribution in [2.45, 2.75) is 13.8 Å². The van der Waals surface area contributed by atoms with Crippen LogP contribution in [0, 0.1) is 6.92 Å². The molecule has 122 valence electrons. The summed E-state index contributed by atoms with van der Waals surface area (Å²) < 4.78 is 7.10. The van der Waals surface area contributed by atoms with Crippen LogP contribution in [0.4, 0.5) is 5.69 Å². The molecule has 0 radical (unpaired) electrons. The second-order valence-electron chi connectivity index (χ2n) is 5.25. The molecule has 3 rings (SSSR count). The zero-order valence-corrected chi connectivity index (χ0v) is 13.6. The summed E-state index contributed by atoms with van der Waals surface area (Å²) in [4.78, 5) is 12.3. The number of aryl methyl sites for hydroxylation is 1. The predicted molar refractivity (Wildman–Crippen MR) is 91.7 cm³/mol. The highest BCUT2D eigenvalue weighted by molar-refractivity contribution is 6.04. The van der Waals surface area contributed by atoms with Crippen molar-refractivity contribution < 1.29 is 9.53 Å². The molecule has 0 bridgehead atoms. The van der Waals surface area contributed by atoms with E-state index in [2.05, 4.69) is 15.6 Å². The first kappa shape index (κ1) is 15.7. The Labute approximate surface area is 140 Å². The van der Waals surface area contributed by atoms with Crippen LogP contribution in [0.15, 0.2) is 54.7 Å². The van der Waals surface area contributed by atoms with E-state index in [9.17, 15) is 4.79 Å². The van der Waals surface area contributed by atoms with Crippen LogP contribution in [0.5, 0.6) is 5.75 Å². The van der Waals surface area contributed by atoms with Crippen molar-refractivity contribution in [3.05, 3.63) is 66.0 Å². The van der Waals surface area contributed by atoms with Crippen LogP contribution in [0.3, 0.4) is 0 Å². The highest BCUT2D eigenvalue weighted by Gasteiger charge is 2.08. The maximum Gasteiger partial charge on any atom is 0.255 e. The van der Waals surface area contributed by atoms with Crippen LogP contribution in [-0.2, 0) is 0 Å². The topological polar surface area (TPSA) is 69.0 Å². The van der Waals surface area contributed by atoms with Crippen molar-refractivity contribution in [3.63, 3.8) is 0 Å². The summed E-state index contributed by atoms with van der Waals surface area (Å²) in [5.74, 6) is 0.615. The number of aromatic nitrogens is 3. The molecule has 0 saturated heterocycles. The number of nitrogens with one attached hydrogen (secondary N) is 1. The van der Waals surface area contributed by atoms with Gasteiger partial charge < -0.3 is 10.1 Å². The summed E-state index contributed by atoms with van der Waals surface area (Å²) in [6.07, 6.45) is 1.69. The van der Waals surface area contributed by atoms with Crippen LogP contribution < -0.4 is 10.1 Å². The predicted octanol–water partition coefficient (Wildman–Crippen LogP) is 3.23. The Balaban J connectivity index is 1.70. The van der Waals surface area contributed by atoms with E-state index >= 15 is 0 Å². The summed E-state index contributed by atoms with van der Waals surface area (Å²) in [5.41, 5.74) is 3.09. The van der Waals surface area contributed by atoms with Crippen molar-refractivity contribution in [2.75, 3.05) is 11.9 Å². The molecule has 0 unspecified atom stereocenters. The Hall–Kier alpha value is -3.15. The van der Waals surface area contributed by atoms with Crippen LogP contribution >= 0.6 is 0 Å². The van der Waals surface area contributed by atoms with Crippen molar-refractivity contribution in [2.24, 2.45) is 0 Å². The van der Waals surface area contributed by atoms with E-state index in [-0.39, 0.29) is 5.91 Å². The molecule has 24 heavy (non-hydrogen) atoms. The smallest absolute Gasteiger partial charge is 0.255 e. The lowest BCUT2D eigenvalue weighted by Gasteiger charge is -2.08. The number of carbonyl (C=O) groups is 1. The summed E-state index contributed by atoms with van der Waals surface area (Å²) in [6.45, 7) is 4.47. The van der Waals surface area contributed by atoms with E-state index in [4.69, 9.17) is 4.74 Å². The van der Waals surface area contributed by atoms with E-state index < -0.39 is 0 Å². The fraction of sp³-hybridized carbons (Fsp3) is 0.167.